The average Bonchev–Trinajstić information content (AvgIpc) is 3.05. The Kier molecular flexibility index (Phi) is 5.96. The molecular weight excluding hydrogens is 407 g/mol. The van der Waals surface area contributed by atoms with Crippen LogP contribution in [0.25, 0.3) is 11.0 Å². The second kappa shape index (κ2) is 8.16. The number of fused-ring (bicyclic) bond motifs is 1. The van der Waals surface area contributed by atoms with Gasteiger partial charge in [0.05, 0.1) is 22.5 Å². The number of imidazole rings is 1. The SMILES string of the molecule is CCn1c(CN(C)S(=O)(=O)c2ccc(F)c(C)c2)nc2cc(C(=O)N(C)C)ccc21. The highest BCUT2D eigenvalue weighted by Gasteiger charge is 2.24. The highest BCUT2D eigenvalue weighted by Crippen LogP contribution is 2.23. The Morgan fingerprint density at radius 2 is 1.83 bits per heavy atom. The van der Waals surface area contributed by atoms with Crippen LogP contribution in [0.2, 0.25) is 0 Å². The average molecular weight is 433 g/mol. The largest absolute Gasteiger partial charge is 0.345 e. The van der Waals surface area contributed by atoms with Crippen LogP contribution in [-0.4, -0.2) is 54.2 Å². The molecule has 0 radical (unpaired) electrons. The molecule has 3 aromatic rings. The number of halogens is 1. The van der Waals surface area contributed by atoms with Gasteiger partial charge in [0.25, 0.3) is 5.91 Å². The summed E-state index contributed by atoms with van der Waals surface area (Å²) in [5, 5.41) is 0. The Labute approximate surface area is 175 Å². The summed E-state index contributed by atoms with van der Waals surface area (Å²) in [7, 11) is 1.01. The predicted octanol–water partition coefficient (Wildman–Crippen LogP) is 3.03. The number of aromatic nitrogens is 2. The van der Waals surface area contributed by atoms with E-state index in [0.717, 1.165) is 11.6 Å². The molecule has 1 amide bonds. The Morgan fingerprint density at radius 3 is 2.43 bits per heavy atom. The Hall–Kier alpha value is -2.78. The van der Waals surface area contributed by atoms with Crippen molar-refractivity contribution in [3.8, 4) is 0 Å². The molecule has 0 aliphatic rings. The number of nitrogens with zero attached hydrogens (tertiary/aromatic N) is 4. The van der Waals surface area contributed by atoms with E-state index in [4.69, 9.17) is 0 Å². The fraction of sp³-hybridized carbons (Fsp3) is 0.333. The molecule has 0 atom stereocenters. The quantitative estimate of drug-likeness (QED) is 0.600. The van der Waals surface area contributed by atoms with Gasteiger partial charge in [-0.05, 0) is 55.8 Å². The minimum atomic E-state index is -3.82. The lowest BCUT2D eigenvalue weighted by atomic mass is 10.2. The molecule has 0 bridgehead atoms. The van der Waals surface area contributed by atoms with Crippen molar-refractivity contribution in [1.29, 1.82) is 0 Å². The van der Waals surface area contributed by atoms with Gasteiger partial charge in [0.2, 0.25) is 10.0 Å². The third-order valence-corrected chi connectivity index (χ3v) is 6.80. The highest BCUT2D eigenvalue weighted by atomic mass is 32.2. The molecule has 0 saturated carbocycles. The van der Waals surface area contributed by atoms with E-state index in [0.29, 0.717) is 23.4 Å². The van der Waals surface area contributed by atoms with E-state index < -0.39 is 15.8 Å². The van der Waals surface area contributed by atoms with Crippen molar-refractivity contribution in [3.05, 3.63) is 59.2 Å². The van der Waals surface area contributed by atoms with E-state index in [-0.39, 0.29) is 22.9 Å². The summed E-state index contributed by atoms with van der Waals surface area (Å²) in [6, 6.07) is 9.01. The lowest BCUT2D eigenvalue weighted by Crippen LogP contribution is -2.28. The van der Waals surface area contributed by atoms with Crippen molar-refractivity contribution in [1.82, 2.24) is 18.8 Å². The summed E-state index contributed by atoms with van der Waals surface area (Å²) in [6.07, 6.45) is 0. The summed E-state index contributed by atoms with van der Waals surface area (Å²) < 4.78 is 42.6. The number of carbonyl (C=O) groups is 1. The monoisotopic (exact) mass is 432 g/mol. The number of hydrogen-bond acceptors (Lipinski definition) is 4. The van der Waals surface area contributed by atoms with Crippen LogP contribution in [-0.2, 0) is 23.1 Å². The third kappa shape index (κ3) is 3.95. The normalized spacial score (nSPS) is 12.0. The van der Waals surface area contributed by atoms with Crippen LogP contribution < -0.4 is 0 Å². The van der Waals surface area contributed by atoms with Gasteiger partial charge in [-0.15, -0.1) is 0 Å². The van der Waals surface area contributed by atoms with E-state index in [9.17, 15) is 17.6 Å². The number of hydrogen-bond donors (Lipinski definition) is 0. The maximum absolute atomic E-state index is 13.5. The van der Waals surface area contributed by atoms with Gasteiger partial charge in [0.15, 0.2) is 0 Å². The number of aryl methyl sites for hydroxylation is 2. The summed E-state index contributed by atoms with van der Waals surface area (Å²) in [5.41, 5.74) is 2.24. The molecule has 0 aliphatic carbocycles. The van der Waals surface area contributed by atoms with Crippen LogP contribution in [0.1, 0.15) is 28.7 Å². The van der Waals surface area contributed by atoms with E-state index in [1.54, 1.807) is 26.2 Å². The lowest BCUT2D eigenvalue weighted by molar-refractivity contribution is 0.0827. The van der Waals surface area contributed by atoms with Gasteiger partial charge in [0, 0.05) is 33.3 Å². The van der Waals surface area contributed by atoms with Crippen LogP contribution in [0.4, 0.5) is 4.39 Å². The summed E-state index contributed by atoms with van der Waals surface area (Å²) in [4.78, 5) is 18.4. The maximum atomic E-state index is 13.5. The Morgan fingerprint density at radius 1 is 1.13 bits per heavy atom. The highest BCUT2D eigenvalue weighted by molar-refractivity contribution is 7.89. The molecule has 0 N–H and O–H groups in total. The molecule has 1 aromatic heterocycles. The topological polar surface area (TPSA) is 75.5 Å². The smallest absolute Gasteiger partial charge is 0.253 e. The van der Waals surface area contributed by atoms with Gasteiger partial charge >= 0.3 is 0 Å². The molecule has 0 spiro atoms. The molecule has 30 heavy (non-hydrogen) atoms. The number of carbonyl (C=O) groups excluding carboxylic acids is 1. The van der Waals surface area contributed by atoms with E-state index >= 15 is 0 Å². The maximum Gasteiger partial charge on any atom is 0.253 e. The molecule has 160 valence electrons. The van der Waals surface area contributed by atoms with E-state index in [1.165, 1.54) is 35.3 Å². The van der Waals surface area contributed by atoms with Gasteiger partial charge < -0.3 is 9.47 Å². The first kappa shape index (κ1) is 21.9. The molecule has 3 rings (SSSR count). The second-order valence-electron chi connectivity index (χ2n) is 7.35. The number of amides is 1. The van der Waals surface area contributed by atoms with Crippen LogP contribution in [0.5, 0.6) is 0 Å². The van der Waals surface area contributed by atoms with Crippen LogP contribution in [0.3, 0.4) is 0 Å². The Bertz CT molecular complexity index is 1220. The molecule has 1 heterocycles. The molecule has 2 aromatic carbocycles. The van der Waals surface area contributed by atoms with Crippen molar-refractivity contribution in [2.75, 3.05) is 21.1 Å². The van der Waals surface area contributed by atoms with E-state index in [2.05, 4.69) is 4.98 Å². The van der Waals surface area contributed by atoms with E-state index in [1.807, 2.05) is 17.6 Å². The van der Waals surface area contributed by atoms with Gasteiger partial charge in [0.1, 0.15) is 11.6 Å². The van der Waals surface area contributed by atoms with Crippen LogP contribution in [0.15, 0.2) is 41.3 Å². The van der Waals surface area contributed by atoms with Crippen molar-refractivity contribution in [2.24, 2.45) is 0 Å². The first-order chi connectivity index (χ1) is 14.1. The van der Waals surface area contributed by atoms with Crippen LogP contribution >= 0.6 is 0 Å². The first-order valence-electron chi connectivity index (χ1n) is 9.49. The zero-order chi connectivity index (χ0) is 22.2. The van der Waals surface area contributed by atoms with Crippen molar-refractivity contribution < 1.29 is 17.6 Å². The zero-order valence-corrected chi connectivity index (χ0v) is 18.5. The fourth-order valence-electron chi connectivity index (χ4n) is 3.29. The van der Waals surface area contributed by atoms with Crippen LogP contribution in [0, 0.1) is 12.7 Å². The van der Waals surface area contributed by atoms with Gasteiger partial charge in [-0.3, -0.25) is 4.79 Å². The molecule has 0 fully saturated rings. The predicted molar refractivity (Wildman–Crippen MR) is 113 cm³/mol. The summed E-state index contributed by atoms with van der Waals surface area (Å²) in [5.74, 6) is -0.0183. The summed E-state index contributed by atoms with van der Waals surface area (Å²) in [6.45, 7) is 4.10. The first-order valence-corrected chi connectivity index (χ1v) is 10.9. The summed E-state index contributed by atoms with van der Waals surface area (Å²) >= 11 is 0. The number of rotatable bonds is 6. The molecule has 9 heteroatoms. The minimum Gasteiger partial charge on any atom is -0.345 e. The van der Waals surface area contributed by atoms with Crippen molar-refractivity contribution in [2.45, 2.75) is 31.8 Å². The number of benzene rings is 2. The number of sulfonamides is 1. The third-order valence-electron chi connectivity index (χ3n) is 5.00. The fourth-order valence-corrected chi connectivity index (χ4v) is 4.50. The minimum absolute atomic E-state index is 0.0296. The molecule has 7 nitrogen and oxygen atoms in total. The van der Waals surface area contributed by atoms with Gasteiger partial charge in [-0.25, -0.2) is 17.8 Å². The molecule has 0 unspecified atom stereocenters. The molecular formula is C21H25FN4O3S. The lowest BCUT2D eigenvalue weighted by Gasteiger charge is -2.18. The van der Waals surface area contributed by atoms with Crippen molar-refractivity contribution >= 4 is 27.0 Å². The van der Waals surface area contributed by atoms with Gasteiger partial charge in [-0.1, -0.05) is 0 Å². The molecule has 0 aliphatic heterocycles. The standard InChI is InChI=1S/C21H25FN4O3S/c1-6-26-19-10-7-15(21(27)24(3)4)12-18(19)23-20(26)13-25(5)30(28,29)16-8-9-17(22)14(2)11-16/h7-12H,6,13H2,1-5H3. The van der Waals surface area contributed by atoms with Gasteiger partial charge in [-0.2, -0.15) is 4.31 Å². The van der Waals surface area contributed by atoms with Crippen molar-refractivity contribution in [3.63, 3.8) is 0 Å². The Balaban J connectivity index is 1.97. The zero-order valence-electron chi connectivity index (χ0n) is 17.7. The second-order valence-corrected chi connectivity index (χ2v) is 9.39. The molecule has 0 saturated heterocycles.